The first kappa shape index (κ1) is 15.1. The van der Waals surface area contributed by atoms with E-state index in [1.54, 1.807) is 24.5 Å². The molecule has 0 fully saturated rings. The summed E-state index contributed by atoms with van der Waals surface area (Å²) in [5.41, 5.74) is 6.22. The molecule has 0 aliphatic carbocycles. The summed E-state index contributed by atoms with van der Waals surface area (Å²) in [6, 6.07) is 10.8. The second-order valence-corrected chi connectivity index (χ2v) is 4.77. The molecule has 0 saturated carbocycles. The summed E-state index contributed by atoms with van der Waals surface area (Å²) in [6.45, 7) is 0.407. The molecule has 2 rings (SSSR count). The van der Waals surface area contributed by atoms with E-state index >= 15 is 0 Å². The highest BCUT2D eigenvalue weighted by Gasteiger charge is 2.08. The molecule has 1 aromatic heterocycles. The molecule has 0 atom stereocenters. The molecule has 1 heterocycles. The second-order valence-electron chi connectivity index (χ2n) is 4.33. The Balaban J connectivity index is 1.77. The number of amides is 1. The third-order valence-corrected chi connectivity index (χ3v) is 3.00. The van der Waals surface area contributed by atoms with Gasteiger partial charge in [0, 0.05) is 13.0 Å². The summed E-state index contributed by atoms with van der Waals surface area (Å²) < 4.78 is 10.6. The zero-order chi connectivity index (χ0) is 15.1. The molecule has 110 valence electrons. The van der Waals surface area contributed by atoms with Gasteiger partial charge in [-0.25, -0.2) is 0 Å². The maximum absolute atomic E-state index is 11.7. The molecule has 5 nitrogen and oxygen atoms in total. The van der Waals surface area contributed by atoms with Crippen molar-refractivity contribution >= 4 is 23.1 Å². The normalized spacial score (nSPS) is 10.1. The lowest BCUT2D eigenvalue weighted by atomic mass is 10.2. The topological polar surface area (TPSA) is 77.5 Å². The fourth-order valence-corrected chi connectivity index (χ4v) is 1.94. The van der Waals surface area contributed by atoms with Gasteiger partial charge in [0.15, 0.2) is 6.61 Å². The molecule has 3 N–H and O–H groups in total. The van der Waals surface area contributed by atoms with Crippen LogP contribution in [0, 0.1) is 0 Å². The summed E-state index contributed by atoms with van der Waals surface area (Å²) in [7, 11) is 0. The Morgan fingerprint density at radius 2 is 2.10 bits per heavy atom. The highest BCUT2D eigenvalue weighted by atomic mass is 32.1. The Morgan fingerprint density at radius 1 is 1.29 bits per heavy atom. The summed E-state index contributed by atoms with van der Waals surface area (Å²) in [4.78, 5) is 11.9. The van der Waals surface area contributed by atoms with Crippen LogP contribution in [-0.2, 0) is 11.2 Å². The van der Waals surface area contributed by atoms with Crippen LogP contribution in [0.25, 0.3) is 0 Å². The smallest absolute Gasteiger partial charge is 0.257 e. The number of nitrogens with one attached hydrogen (secondary N) is 1. The van der Waals surface area contributed by atoms with E-state index in [0.717, 1.165) is 5.76 Å². The Bertz CT molecular complexity index is 611. The average molecular weight is 304 g/mol. The van der Waals surface area contributed by atoms with Gasteiger partial charge in [-0.15, -0.1) is 0 Å². The molecule has 0 saturated heterocycles. The molecule has 0 spiro atoms. The molecular weight excluding hydrogens is 288 g/mol. The van der Waals surface area contributed by atoms with Crippen LogP contribution in [0.4, 0.5) is 0 Å². The second kappa shape index (κ2) is 7.44. The number of hydrogen-bond acceptors (Lipinski definition) is 4. The van der Waals surface area contributed by atoms with E-state index in [9.17, 15) is 4.79 Å². The number of thiocarbonyl (C=S) groups is 1. The van der Waals surface area contributed by atoms with Gasteiger partial charge in [0.05, 0.1) is 11.8 Å². The Kier molecular flexibility index (Phi) is 5.34. The monoisotopic (exact) mass is 304 g/mol. The SMILES string of the molecule is NC(=S)c1ccccc1OCC(=O)NCCc1ccco1. The van der Waals surface area contributed by atoms with Crippen LogP contribution in [0.1, 0.15) is 11.3 Å². The Labute approximate surface area is 128 Å². The fourth-order valence-electron chi connectivity index (χ4n) is 1.77. The summed E-state index contributed by atoms with van der Waals surface area (Å²) in [6.07, 6.45) is 2.25. The van der Waals surface area contributed by atoms with E-state index in [-0.39, 0.29) is 17.5 Å². The lowest BCUT2D eigenvalue weighted by molar-refractivity contribution is -0.123. The van der Waals surface area contributed by atoms with Gasteiger partial charge in [-0.1, -0.05) is 24.4 Å². The fraction of sp³-hybridized carbons (Fsp3) is 0.200. The van der Waals surface area contributed by atoms with E-state index in [1.807, 2.05) is 18.2 Å². The van der Waals surface area contributed by atoms with Crippen LogP contribution < -0.4 is 15.8 Å². The molecule has 2 aromatic rings. The summed E-state index contributed by atoms with van der Waals surface area (Å²) in [5, 5.41) is 2.75. The van der Waals surface area contributed by atoms with Crippen molar-refractivity contribution in [3.63, 3.8) is 0 Å². The number of rotatable bonds is 7. The number of furan rings is 1. The first-order valence-electron chi connectivity index (χ1n) is 6.47. The van der Waals surface area contributed by atoms with Gasteiger partial charge in [-0.3, -0.25) is 4.79 Å². The standard InChI is InChI=1S/C15H16N2O3S/c16-15(21)12-5-1-2-6-13(12)20-10-14(18)17-8-7-11-4-3-9-19-11/h1-6,9H,7-8,10H2,(H2,16,21)(H,17,18). The van der Waals surface area contributed by atoms with Crippen LogP contribution in [-0.4, -0.2) is 24.0 Å². The van der Waals surface area contributed by atoms with E-state index < -0.39 is 0 Å². The number of para-hydroxylation sites is 1. The van der Waals surface area contributed by atoms with E-state index in [4.69, 9.17) is 27.1 Å². The van der Waals surface area contributed by atoms with E-state index in [2.05, 4.69) is 5.32 Å². The van der Waals surface area contributed by atoms with E-state index in [1.165, 1.54) is 0 Å². The van der Waals surface area contributed by atoms with Crippen molar-refractivity contribution in [2.45, 2.75) is 6.42 Å². The summed E-state index contributed by atoms with van der Waals surface area (Å²) in [5.74, 6) is 1.13. The first-order chi connectivity index (χ1) is 10.2. The molecule has 1 amide bonds. The quantitative estimate of drug-likeness (QED) is 0.761. The van der Waals surface area contributed by atoms with Gasteiger partial charge >= 0.3 is 0 Å². The van der Waals surface area contributed by atoms with Crippen molar-refractivity contribution in [3.05, 3.63) is 54.0 Å². The number of carbonyl (C=O) groups is 1. The number of ether oxygens (including phenoxy) is 1. The van der Waals surface area contributed by atoms with Crippen LogP contribution in [0.15, 0.2) is 47.1 Å². The predicted octanol–water partition coefficient (Wildman–Crippen LogP) is 1.65. The predicted molar refractivity (Wildman–Crippen MR) is 83.2 cm³/mol. The maximum atomic E-state index is 11.7. The van der Waals surface area contributed by atoms with Crippen molar-refractivity contribution in [1.82, 2.24) is 5.32 Å². The van der Waals surface area contributed by atoms with Crippen LogP contribution >= 0.6 is 12.2 Å². The average Bonchev–Trinajstić information content (AvgIpc) is 2.98. The summed E-state index contributed by atoms with van der Waals surface area (Å²) >= 11 is 4.93. The zero-order valence-electron chi connectivity index (χ0n) is 11.4. The minimum atomic E-state index is -0.209. The van der Waals surface area contributed by atoms with Gasteiger partial charge < -0.3 is 20.2 Å². The van der Waals surface area contributed by atoms with Crippen LogP contribution in [0.2, 0.25) is 0 Å². The van der Waals surface area contributed by atoms with Gasteiger partial charge in [0.25, 0.3) is 5.91 Å². The van der Waals surface area contributed by atoms with Gasteiger partial charge in [-0.05, 0) is 24.3 Å². The highest BCUT2D eigenvalue weighted by Crippen LogP contribution is 2.17. The van der Waals surface area contributed by atoms with Gasteiger partial charge in [-0.2, -0.15) is 0 Å². The van der Waals surface area contributed by atoms with Crippen LogP contribution in [0.3, 0.4) is 0 Å². The molecule has 0 bridgehead atoms. The molecule has 1 aromatic carbocycles. The Hall–Kier alpha value is -2.34. The van der Waals surface area contributed by atoms with Gasteiger partial charge in [0.2, 0.25) is 0 Å². The number of carbonyl (C=O) groups excluding carboxylic acids is 1. The third-order valence-electron chi connectivity index (χ3n) is 2.78. The molecule has 0 aliphatic rings. The highest BCUT2D eigenvalue weighted by molar-refractivity contribution is 7.80. The lowest BCUT2D eigenvalue weighted by Gasteiger charge is -2.10. The van der Waals surface area contributed by atoms with Crippen molar-refractivity contribution in [3.8, 4) is 5.75 Å². The van der Waals surface area contributed by atoms with Crippen molar-refractivity contribution in [1.29, 1.82) is 0 Å². The number of hydrogen-bond donors (Lipinski definition) is 2. The number of benzene rings is 1. The molecule has 21 heavy (non-hydrogen) atoms. The minimum absolute atomic E-state index is 0.0855. The number of nitrogens with two attached hydrogens (primary N) is 1. The maximum Gasteiger partial charge on any atom is 0.257 e. The van der Waals surface area contributed by atoms with Crippen molar-refractivity contribution in [2.24, 2.45) is 5.73 Å². The van der Waals surface area contributed by atoms with Crippen molar-refractivity contribution in [2.75, 3.05) is 13.2 Å². The zero-order valence-corrected chi connectivity index (χ0v) is 12.2. The molecule has 0 unspecified atom stereocenters. The molecule has 0 radical (unpaired) electrons. The molecular formula is C15H16N2O3S. The third kappa shape index (κ3) is 4.61. The van der Waals surface area contributed by atoms with Crippen molar-refractivity contribution < 1.29 is 13.9 Å². The minimum Gasteiger partial charge on any atom is -0.483 e. The van der Waals surface area contributed by atoms with E-state index in [0.29, 0.717) is 24.3 Å². The largest absolute Gasteiger partial charge is 0.483 e. The molecule has 0 aliphatic heterocycles. The van der Waals surface area contributed by atoms with Gasteiger partial charge in [0.1, 0.15) is 16.5 Å². The Morgan fingerprint density at radius 3 is 2.81 bits per heavy atom. The van der Waals surface area contributed by atoms with Crippen LogP contribution in [0.5, 0.6) is 5.75 Å². The first-order valence-corrected chi connectivity index (χ1v) is 6.88. The lowest BCUT2D eigenvalue weighted by Crippen LogP contribution is -2.30. The molecule has 6 heteroatoms.